The number of carbonyl (C=O) groups is 1. The highest BCUT2D eigenvalue weighted by Crippen LogP contribution is 2.40. The van der Waals surface area contributed by atoms with Crippen LogP contribution in [0.4, 0.5) is 28.9 Å². The predicted octanol–water partition coefficient (Wildman–Crippen LogP) is 3.84. The van der Waals surface area contributed by atoms with Gasteiger partial charge in [0.05, 0.1) is 22.9 Å². The van der Waals surface area contributed by atoms with Crippen molar-refractivity contribution in [2.75, 3.05) is 16.8 Å². The van der Waals surface area contributed by atoms with Gasteiger partial charge in [-0.2, -0.15) is 18.4 Å². The zero-order valence-electron chi connectivity index (χ0n) is 17.2. The van der Waals surface area contributed by atoms with Gasteiger partial charge < -0.3 is 10.0 Å². The normalized spacial score (nSPS) is 17.0. The Morgan fingerprint density at radius 2 is 1.81 bits per heavy atom. The van der Waals surface area contributed by atoms with E-state index in [2.05, 4.69) is 5.32 Å². The first kappa shape index (κ1) is 23.6. The first-order valence-electron chi connectivity index (χ1n) is 9.29. The fourth-order valence-corrected chi connectivity index (χ4v) is 4.01. The molecule has 32 heavy (non-hydrogen) atoms. The van der Waals surface area contributed by atoms with E-state index < -0.39 is 40.8 Å². The summed E-state index contributed by atoms with van der Waals surface area (Å²) in [6.07, 6.45) is -6.06. The Labute approximate surface area is 186 Å². The zero-order valence-corrected chi connectivity index (χ0v) is 18.0. The van der Waals surface area contributed by atoms with Crippen LogP contribution in [0.3, 0.4) is 0 Å². The molecule has 1 unspecified atom stereocenters. The van der Waals surface area contributed by atoms with E-state index in [9.17, 15) is 27.5 Å². The first-order chi connectivity index (χ1) is 14.8. The summed E-state index contributed by atoms with van der Waals surface area (Å²) in [7, 11) is 1.44. The van der Waals surface area contributed by atoms with Gasteiger partial charge in [0.25, 0.3) is 5.91 Å². The smallest absolute Gasteiger partial charge is 0.374 e. The number of thiocarbonyl (C=S) groups is 1. The van der Waals surface area contributed by atoms with Crippen LogP contribution in [0.25, 0.3) is 0 Å². The summed E-state index contributed by atoms with van der Waals surface area (Å²) >= 11 is 5.40. The highest BCUT2D eigenvalue weighted by Gasteiger charge is 2.50. The van der Waals surface area contributed by atoms with Gasteiger partial charge in [-0.05, 0) is 63.4 Å². The molecular weight excluding hydrogens is 448 g/mol. The second kappa shape index (κ2) is 8.12. The van der Waals surface area contributed by atoms with E-state index in [1.807, 2.05) is 0 Å². The number of amides is 1. The number of nitriles is 1. The Balaban J connectivity index is 2.09. The van der Waals surface area contributed by atoms with E-state index in [1.165, 1.54) is 50.1 Å². The van der Waals surface area contributed by atoms with Crippen LogP contribution >= 0.6 is 12.2 Å². The number of nitrogens with one attached hydrogen (secondary N) is 1. The third-order valence-corrected chi connectivity index (χ3v) is 5.53. The van der Waals surface area contributed by atoms with E-state index >= 15 is 0 Å². The van der Waals surface area contributed by atoms with Crippen molar-refractivity contribution in [3.63, 3.8) is 0 Å². The van der Waals surface area contributed by atoms with Gasteiger partial charge in [-0.1, -0.05) is 6.07 Å². The second-order valence-corrected chi connectivity index (χ2v) is 7.92. The Morgan fingerprint density at radius 1 is 1.19 bits per heavy atom. The SMILES string of the molecule is CNC(O)c1ccc(N2C(=S)N(c3ccc(C#N)c(C(F)(F)F)c3)C(=O)C2(C)C)cc1F. The lowest BCUT2D eigenvalue weighted by atomic mass is 10.0. The van der Waals surface area contributed by atoms with Crippen LogP contribution in [0.15, 0.2) is 36.4 Å². The number of aliphatic hydroxyl groups excluding tert-OH is 1. The number of nitrogens with zero attached hydrogens (tertiary/aromatic N) is 3. The van der Waals surface area contributed by atoms with E-state index in [-0.39, 0.29) is 22.1 Å². The van der Waals surface area contributed by atoms with Crippen LogP contribution < -0.4 is 15.1 Å². The Morgan fingerprint density at radius 3 is 2.34 bits per heavy atom. The average Bonchev–Trinajstić information content (AvgIpc) is 2.90. The van der Waals surface area contributed by atoms with Crippen LogP contribution in [0.5, 0.6) is 0 Å². The Bertz CT molecular complexity index is 1140. The van der Waals surface area contributed by atoms with Crippen molar-refractivity contribution in [2.45, 2.75) is 31.8 Å². The molecule has 168 valence electrons. The molecule has 1 atom stereocenters. The summed E-state index contributed by atoms with van der Waals surface area (Å²) in [6.45, 7) is 3.01. The van der Waals surface area contributed by atoms with Crippen LogP contribution in [-0.4, -0.2) is 28.7 Å². The van der Waals surface area contributed by atoms with Gasteiger partial charge in [0.2, 0.25) is 0 Å². The van der Waals surface area contributed by atoms with Gasteiger partial charge in [-0.3, -0.25) is 15.0 Å². The lowest BCUT2D eigenvalue weighted by Crippen LogP contribution is -2.44. The quantitative estimate of drug-likeness (QED) is 0.405. The molecule has 0 aliphatic carbocycles. The van der Waals surface area contributed by atoms with Gasteiger partial charge in [0, 0.05) is 11.3 Å². The average molecular weight is 466 g/mol. The topological polar surface area (TPSA) is 79.6 Å². The highest BCUT2D eigenvalue weighted by molar-refractivity contribution is 7.81. The number of hydrogen-bond acceptors (Lipinski definition) is 5. The van der Waals surface area contributed by atoms with Crippen LogP contribution in [0.2, 0.25) is 0 Å². The minimum Gasteiger partial charge on any atom is -0.374 e. The molecule has 2 N–H and O–H groups in total. The van der Waals surface area contributed by atoms with Crippen LogP contribution in [0, 0.1) is 17.1 Å². The molecule has 0 aromatic heterocycles. The molecule has 1 saturated heterocycles. The maximum Gasteiger partial charge on any atom is 0.417 e. The fourth-order valence-electron chi connectivity index (χ4n) is 3.49. The molecule has 1 aliphatic heterocycles. The third-order valence-electron chi connectivity index (χ3n) is 5.17. The standard InChI is InChI=1S/C21H18F4N4O2S/c1-20(2)18(31)28(12-5-4-11(10-26)15(8-12)21(23,24)25)19(32)29(20)13-6-7-14(16(22)9-13)17(30)27-3/h4-9,17,27,30H,1-3H3. The number of anilines is 2. The number of rotatable bonds is 4. The molecule has 0 radical (unpaired) electrons. The number of benzene rings is 2. The zero-order chi connectivity index (χ0) is 24.0. The van der Waals surface area contributed by atoms with Crippen molar-refractivity contribution in [3.8, 4) is 6.07 Å². The minimum atomic E-state index is -4.81. The largest absolute Gasteiger partial charge is 0.417 e. The number of aliphatic hydroxyl groups is 1. The van der Waals surface area contributed by atoms with Gasteiger partial charge in [0.1, 0.15) is 17.6 Å². The summed E-state index contributed by atoms with van der Waals surface area (Å²) in [5, 5.41) is 21.2. The molecule has 1 aliphatic rings. The lowest BCUT2D eigenvalue weighted by molar-refractivity contribution is -0.137. The summed E-state index contributed by atoms with van der Waals surface area (Å²) in [4.78, 5) is 15.4. The van der Waals surface area contributed by atoms with Crippen molar-refractivity contribution >= 4 is 34.6 Å². The Hall–Kier alpha value is -3.07. The number of hydrogen-bond donors (Lipinski definition) is 2. The first-order valence-corrected chi connectivity index (χ1v) is 9.70. The Kier molecular flexibility index (Phi) is 5.99. The van der Waals surface area contributed by atoms with E-state index in [0.29, 0.717) is 6.07 Å². The molecule has 0 bridgehead atoms. The molecule has 1 amide bonds. The maximum atomic E-state index is 14.6. The van der Waals surface area contributed by atoms with Crippen molar-refractivity contribution in [2.24, 2.45) is 0 Å². The van der Waals surface area contributed by atoms with Crippen molar-refractivity contribution < 1.29 is 27.5 Å². The molecular formula is C21H18F4N4O2S. The van der Waals surface area contributed by atoms with Crippen molar-refractivity contribution in [1.29, 1.82) is 5.26 Å². The molecule has 2 aromatic rings. The molecule has 1 heterocycles. The lowest BCUT2D eigenvalue weighted by Gasteiger charge is -2.29. The van der Waals surface area contributed by atoms with Gasteiger partial charge in [-0.25, -0.2) is 4.39 Å². The monoisotopic (exact) mass is 466 g/mol. The molecule has 11 heteroatoms. The van der Waals surface area contributed by atoms with E-state index in [4.69, 9.17) is 17.5 Å². The summed E-state index contributed by atoms with van der Waals surface area (Å²) in [6, 6.07) is 8.20. The van der Waals surface area contributed by atoms with Gasteiger partial charge >= 0.3 is 6.18 Å². The molecule has 3 rings (SSSR count). The van der Waals surface area contributed by atoms with E-state index in [0.717, 1.165) is 17.0 Å². The summed E-state index contributed by atoms with van der Waals surface area (Å²) in [5.74, 6) is -1.38. The number of halogens is 4. The van der Waals surface area contributed by atoms with Crippen LogP contribution in [0.1, 0.15) is 36.8 Å². The minimum absolute atomic E-state index is 0.0238. The maximum absolute atomic E-state index is 14.6. The molecule has 1 fully saturated rings. The summed E-state index contributed by atoms with van der Waals surface area (Å²) < 4.78 is 54.8. The van der Waals surface area contributed by atoms with Gasteiger partial charge in [-0.15, -0.1) is 0 Å². The molecule has 2 aromatic carbocycles. The molecule has 6 nitrogen and oxygen atoms in total. The van der Waals surface area contributed by atoms with Gasteiger partial charge in [0.15, 0.2) is 5.11 Å². The molecule has 0 spiro atoms. The third kappa shape index (κ3) is 3.81. The number of carbonyl (C=O) groups excluding carboxylic acids is 1. The summed E-state index contributed by atoms with van der Waals surface area (Å²) in [5.41, 5.74) is -3.13. The molecule has 0 saturated carbocycles. The van der Waals surface area contributed by atoms with E-state index in [1.54, 1.807) is 0 Å². The van der Waals surface area contributed by atoms with Crippen LogP contribution in [-0.2, 0) is 11.0 Å². The number of alkyl halides is 3. The van der Waals surface area contributed by atoms with Crippen molar-refractivity contribution in [3.05, 3.63) is 58.9 Å². The van der Waals surface area contributed by atoms with Crippen molar-refractivity contribution in [1.82, 2.24) is 5.32 Å². The second-order valence-electron chi connectivity index (χ2n) is 7.55. The highest BCUT2D eigenvalue weighted by atomic mass is 32.1. The predicted molar refractivity (Wildman–Crippen MR) is 113 cm³/mol. The fraction of sp³-hybridized carbons (Fsp3) is 0.286.